The normalized spacial score (nSPS) is 16.1. The average molecular weight is 395 g/mol. The Morgan fingerprint density at radius 3 is 2.68 bits per heavy atom. The molecule has 1 atom stereocenters. The van der Waals surface area contributed by atoms with Gasteiger partial charge < -0.3 is 24.1 Å². The Morgan fingerprint density at radius 2 is 2.00 bits per heavy atom. The Bertz CT molecular complexity index is 578. The highest BCUT2D eigenvalue weighted by atomic mass is 16.5. The lowest BCUT2D eigenvalue weighted by Crippen LogP contribution is -2.43. The molecule has 0 unspecified atom stereocenters. The third kappa shape index (κ3) is 7.77. The molecule has 1 heterocycles. The summed E-state index contributed by atoms with van der Waals surface area (Å²) >= 11 is 0. The smallest absolute Gasteiger partial charge is 0.161 e. The summed E-state index contributed by atoms with van der Waals surface area (Å²) < 4.78 is 21.6. The van der Waals surface area contributed by atoms with E-state index in [0.29, 0.717) is 37.8 Å². The molecule has 1 N–H and O–H groups in total. The number of morpholine rings is 1. The number of aliphatic hydroxyl groups excluding tert-OH is 1. The van der Waals surface area contributed by atoms with E-state index in [4.69, 9.17) is 18.9 Å². The summed E-state index contributed by atoms with van der Waals surface area (Å²) in [4.78, 5) is 4.64. The number of ether oxygens (including phenoxy) is 4. The van der Waals surface area contributed by atoms with Gasteiger partial charge in [0, 0.05) is 39.3 Å². The number of hydrogen-bond donors (Lipinski definition) is 1. The summed E-state index contributed by atoms with van der Waals surface area (Å²) in [5.74, 6) is 1.42. The molecule has 0 spiro atoms. The SMILES string of the molecule is C=CCOC[C@H](O)CN(CCN1CCOCC1)Cc1ccc(OC)c(OC)c1. The lowest BCUT2D eigenvalue weighted by Gasteiger charge is -2.31. The average Bonchev–Trinajstić information content (AvgIpc) is 2.72. The fourth-order valence-electron chi connectivity index (χ4n) is 3.22. The molecule has 158 valence electrons. The molecule has 1 aromatic rings. The van der Waals surface area contributed by atoms with Crippen LogP contribution >= 0.6 is 0 Å². The van der Waals surface area contributed by atoms with Crippen LogP contribution in [0.5, 0.6) is 11.5 Å². The van der Waals surface area contributed by atoms with Crippen molar-refractivity contribution in [3.05, 3.63) is 36.4 Å². The molecule has 28 heavy (non-hydrogen) atoms. The zero-order chi connectivity index (χ0) is 20.2. The van der Waals surface area contributed by atoms with E-state index in [0.717, 1.165) is 45.0 Å². The lowest BCUT2D eigenvalue weighted by molar-refractivity contribution is 0.0128. The van der Waals surface area contributed by atoms with E-state index >= 15 is 0 Å². The van der Waals surface area contributed by atoms with Crippen LogP contribution in [0.25, 0.3) is 0 Å². The first kappa shape index (κ1) is 22.6. The molecule has 7 heteroatoms. The number of hydrogen-bond acceptors (Lipinski definition) is 7. The van der Waals surface area contributed by atoms with Gasteiger partial charge in [0.1, 0.15) is 0 Å². The topological polar surface area (TPSA) is 63.6 Å². The highest BCUT2D eigenvalue weighted by Crippen LogP contribution is 2.28. The fraction of sp³-hybridized carbons (Fsp3) is 0.619. The lowest BCUT2D eigenvalue weighted by atomic mass is 10.1. The Hall–Kier alpha value is -1.64. The van der Waals surface area contributed by atoms with Gasteiger partial charge in [-0.15, -0.1) is 6.58 Å². The number of methoxy groups -OCH3 is 2. The molecule has 1 aliphatic heterocycles. The zero-order valence-electron chi connectivity index (χ0n) is 17.1. The van der Waals surface area contributed by atoms with Crippen LogP contribution in [0.2, 0.25) is 0 Å². The van der Waals surface area contributed by atoms with E-state index in [9.17, 15) is 5.11 Å². The van der Waals surface area contributed by atoms with Crippen molar-refractivity contribution in [3.63, 3.8) is 0 Å². The van der Waals surface area contributed by atoms with Gasteiger partial charge in [-0.2, -0.15) is 0 Å². The molecular formula is C21H34N2O5. The monoisotopic (exact) mass is 394 g/mol. The van der Waals surface area contributed by atoms with E-state index in [1.54, 1.807) is 20.3 Å². The molecule has 0 amide bonds. The van der Waals surface area contributed by atoms with E-state index in [2.05, 4.69) is 16.4 Å². The van der Waals surface area contributed by atoms with Gasteiger partial charge in [0.2, 0.25) is 0 Å². The quantitative estimate of drug-likeness (QED) is 0.401. The second kappa shape index (κ2) is 12.7. The van der Waals surface area contributed by atoms with Gasteiger partial charge in [0.05, 0.1) is 46.8 Å². The van der Waals surface area contributed by atoms with Crippen molar-refractivity contribution in [1.82, 2.24) is 9.80 Å². The first-order chi connectivity index (χ1) is 13.7. The van der Waals surface area contributed by atoms with Crippen LogP contribution in [0, 0.1) is 0 Å². The van der Waals surface area contributed by atoms with Crippen molar-refractivity contribution in [2.75, 3.05) is 73.4 Å². The molecule has 1 saturated heterocycles. The predicted octanol–water partition coefficient (Wildman–Crippen LogP) is 1.40. The van der Waals surface area contributed by atoms with Gasteiger partial charge in [0.25, 0.3) is 0 Å². The molecule has 1 aromatic carbocycles. The predicted molar refractivity (Wildman–Crippen MR) is 109 cm³/mol. The molecule has 2 rings (SSSR count). The minimum Gasteiger partial charge on any atom is -0.493 e. The molecule has 0 saturated carbocycles. The van der Waals surface area contributed by atoms with Crippen molar-refractivity contribution in [2.45, 2.75) is 12.6 Å². The second-order valence-electron chi connectivity index (χ2n) is 6.86. The second-order valence-corrected chi connectivity index (χ2v) is 6.86. The summed E-state index contributed by atoms with van der Waals surface area (Å²) in [7, 11) is 3.27. The Morgan fingerprint density at radius 1 is 1.25 bits per heavy atom. The minimum absolute atomic E-state index is 0.298. The van der Waals surface area contributed by atoms with Gasteiger partial charge in [-0.1, -0.05) is 12.1 Å². The number of benzene rings is 1. The summed E-state index contributed by atoms with van der Waals surface area (Å²) in [6.45, 7) is 10.9. The molecule has 0 radical (unpaired) electrons. The van der Waals surface area contributed by atoms with Crippen molar-refractivity contribution in [1.29, 1.82) is 0 Å². The van der Waals surface area contributed by atoms with Crippen LogP contribution in [0.3, 0.4) is 0 Å². The number of aliphatic hydroxyl groups is 1. The van der Waals surface area contributed by atoms with Crippen LogP contribution in [-0.4, -0.2) is 94.4 Å². The van der Waals surface area contributed by atoms with Gasteiger partial charge in [-0.3, -0.25) is 9.80 Å². The maximum atomic E-state index is 10.4. The first-order valence-electron chi connectivity index (χ1n) is 9.76. The molecule has 1 fully saturated rings. The van der Waals surface area contributed by atoms with Crippen molar-refractivity contribution in [3.8, 4) is 11.5 Å². The van der Waals surface area contributed by atoms with Crippen molar-refractivity contribution < 1.29 is 24.1 Å². The van der Waals surface area contributed by atoms with E-state index in [1.165, 1.54) is 0 Å². The van der Waals surface area contributed by atoms with E-state index in [1.807, 2.05) is 18.2 Å². The van der Waals surface area contributed by atoms with Crippen LogP contribution < -0.4 is 9.47 Å². The van der Waals surface area contributed by atoms with Crippen molar-refractivity contribution in [2.24, 2.45) is 0 Å². The summed E-state index contributed by atoms with van der Waals surface area (Å²) in [5.41, 5.74) is 1.11. The minimum atomic E-state index is -0.551. The molecule has 0 aliphatic carbocycles. The zero-order valence-corrected chi connectivity index (χ0v) is 17.1. The standard InChI is InChI=1S/C21H34N2O5/c1-4-11-28-17-19(24)16-23(8-7-22-9-12-27-13-10-22)15-18-5-6-20(25-2)21(14-18)26-3/h4-6,14,19,24H,1,7-13,15-17H2,2-3H3/t19-/m1/s1. The van der Waals surface area contributed by atoms with Gasteiger partial charge in [0.15, 0.2) is 11.5 Å². The Labute approximate surface area is 168 Å². The molecule has 0 aromatic heterocycles. The summed E-state index contributed by atoms with van der Waals surface area (Å²) in [6.07, 6.45) is 1.14. The molecule has 7 nitrogen and oxygen atoms in total. The van der Waals surface area contributed by atoms with Gasteiger partial charge >= 0.3 is 0 Å². The number of nitrogens with zero attached hydrogens (tertiary/aromatic N) is 2. The molecule has 0 bridgehead atoms. The van der Waals surface area contributed by atoms with Gasteiger partial charge in [-0.05, 0) is 17.7 Å². The van der Waals surface area contributed by atoms with Gasteiger partial charge in [-0.25, -0.2) is 0 Å². The number of rotatable bonds is 13. The Kier molecular flexibility index (Phi) is 10.3. The third-order valence-corrected chi connectivity index (χ3v) is 4.71. The summed E-state index contributed by atoms with van der Waals surface area (Å²) in [5, 5.41) is 10.4. The maximum Gasteiger partial charge on any atom is 0.161 e. The largest absolute Gasteiger partial charge is 0.493 e. The first-order valence-corrected chi connectivity index (χ1v) is 9.76. The highest BCUT2D eigenvalue weighted by Gasteiger charge is 2.17. The maximum absolute atomic E-state index is 10.4. The Balaban J connectivity index is 1.98. The fourth-order valence-corrected chi connectivity index (χ4v) is 3.22. The van der Waals surface area contributed by atoms with Crippen LogP contribution in [0.1, 0.15) is 5.56 Å². The van der Waals surface area contributed by atoms with Crippen LogP contribution in [-0.2, 0) is 16.0 Å². The molecule has 1 aliphatic rings. The highest BCUT2D eigenvalue weighted by molar-refractivity contribution is 5.42. The van der Waals surface area contributed by atoms with E-state index < -0.39 is 6.10 Å². The van der Waals surface area contributed by atoms with Crippen LogP contribution in [0.4, 0.5) is 0 Å². The summed E-state index contributed by atoms with van der Waals surface area (Å²) in [6, 6.07) is 5.93. The van der Waals surface area contributed by atoms with Crippen LogP contribution in [0.15, 0.2) is 30.9 Å². The molecular weight excluding hydrogens is 360 g/mol. The third-order valence-electron chi connectivity index (χ3n) is 4.71. The van der Waals surface area contributed by atoms with Crippen molar-refractivity contribution >= 4 is 0 Å². The van der Waals surface area contributed by atoms with E-state index in [-0.39, 0.29) is 0 Å².